The summed E-state index contributed by atoms with van der Waals surface area (Å²) in [5.41, 5.74) is 0. The molecule has 0 radical (unpaired) electrons. The highest BCUT2D eigenvalue weighted by molar-refractivity contribution is 4.84. The van der Waals surface area contributed by atoms with Crippen LogP contribution in [0.4, 0.5) is 0 Å². The van der Waals surface area contributed by atoms with Crippen LogP contribution >= 0.6 is 0 Å². The Morgan fingerprint density at radius 2 is 2.56 bits per heavy atom. The molecule has 5 heteroatoms. The van der Waals surface area contributed by atoms with Crippen LogP contribution in [0, 0.1) is 5.92 Å². The van der Waals surface area contributed by atoms with Crippen molar-refractivity contribution in [1.29, 1.82) is 0 Å². The molecular weight excluding hydrogens is 204 g/mol. The molecule has 0 bridgehead atoms. The van der Waals surface area contributed by atoms with Gasteiger partial charge in [0.15, 0.2) is 0 Å². The van der Waals surface area contributed by atoms with E-state index in [0.29, 0.717) is 5.92 Å². The molecular formula is C11H20N4O. The van der Waals surface area contributed by atoms with E-state index in [0.717, 1.165) is 38.7 Å². The Labute approximate surface area is 96.2 Å². The number of hydrogen-bond donors (Lipinski definition) is 1. The Balaban J connectivity index is 1.71. The summed E-state index contributed by atoms with van der Waals surface area (Å²) in [6, 6.07) is 0. The molecule has 1 atom stereocenters. The molecule has 1 saturated heterocycles. The van der Waals surface area contributed by atoms with Crippen molar-refractivity contribution < 1.29 is 4.74 Å². The van der Waals surface area contributed by atoms with Gasteiger partial charge in [0.25, 0.3) is 0 Å². The number of nitrogens with one attached hydrogen (secondary N) is 1. The Kier molecular flexibility index (Phi) is 4.30. The lowest BCUT2D eigenvalue weighted by atomic mass is 10.0. The van der Waals surface area contributed by atoms with Crippen molar-refractivity contribution in [2.24, 2.45) is 5.92 Å². The lowest BCUT2D eigenvalue weighted by Crippen LogP contribution is -2.29. The van der Waals surface area contributed by atoms with Gasteiger partial charge in [0.2, 0.25) is 0 Å². The third kappa shape index (κ3) is 3.02. The summed E-state index contributed by atoms with van der Waals surface area (Å²) in [6.45, 7) is 6.66. The molecule has 2 heterocycles. The first-order chi connectivity index (χ1) is 7.90. The van der Waals surface area contributed by atoms with Gasteiger partial charge in [-0.2, -0.15) is 0 Å². The lowest BCUT2D eigenvalue weighted by Gasteiger charge is -2.22. The topological polar surface area (TPSA) is 52.0 Å². The molecule has 1 aromatic rings. The maximum absolute atomic E-state index is 5.44. The van der Waals surface area contributed by atoms with E-state index in [1.54, 1.807) is 6.33 Å². The summed E-state index contributed by atoms with van der Waals surface area (Å²) < 4.78 is 7.50. The van der Waals surface area contributed by atoms with Gasteiger partial charge >= 0.3 is 0 Å². The first-order valence-electron chi connectivity index (χ1n) is 6.05. The van der Waals surface area contributed by atoms with Crippen LogP contribution in [0.1, 0.15) is 25.6 Å². The number of rotatable bonds is 5. The van der Waals surface area contributed by atoms with E-state index in [1.807, 2.05) is 0 Å². The molecule has 1 aliphatic rings. The molecule has 1 N–H and O–H groups in total. The largest absolute Gasteiger partial charge is 0.381 e. The van der Waals surface area contributed by atoms with E-state index < -0.39 is 0 Å². The fourth-order valence-corrected chi connectivity index (χ4v) is 2.04. The van der Waals surface area contributed by atoms with Gasteiger partial charge in [-0.15, -0.1) is 10.2 Å². The van der Waals surface area contributed by atoms with E-state index in [4.69, 9.17) is 4.74 Å². The van der Waals surface area contributed by atoms with Crippen LogP contribution in [0.5, 0.6) is 0 Å². The minimum atomic E-state index is 0.659. The van der Waals surface area contributed by atoms with Gasteiger partial charge in [-0.05, 0) is 25.7 Å². The van der Waals surface area contributed by atoms with E-state index >= 15 is 0 Å². The smallest absolute Gasteiger partial charge is 0.146 e. The fraction of sp³-hybridized carbons (Fsp3) is 0.818. The standard InChI is InChI=1S/C11H20N4O/c1-2-15-9-13-14-11(15)7-12-6-10-4-3-5-16-8-10/h9-10,12H,2-8H2,1H3. The second kappa shape index (κ2) is 5.96. The van der Waals surface area contributed by atoms with Crippen LogP contribution in [0.15, 0.2) is 6.33 Å². The predicted octanol–water partition coefficient (Wildman–Crippen LogP) is 0.814. The molecule has 1 aliphatic heterocycles. The van der Waals surface area contributed by atoms with Gasteiger partial charge in [-0.25, -0.2) is 0 Å². The maximum atomic E-state index is 5.44. The molecule has 0 spiro atoms. The Morgan fingerprint density at radius 3 is 3.31 bits per heavy atom. The zero-order valence-electron chi connectivity index (χ0n) is 9.85. The number of aryl methyl sites for hydroxylation is 1. The molecule has 2 rings (SSSR count). The second-order valence-electron chi connectivity index (χ2n) is 4.25. The Bertz CT molecular complexity index is 307. The number of aromatic nitrogens is 3. The van der Waals surface area contributed by atoms with E-state index in [-0.39, 0.29) is 0 Å². The lowest BCUT2D eigenvalue weighted by molar-refractivity contribution is 0.0546. The summed E-state index contributed by atoms with van der Waals surface area (Å²) in [4.78, 5) is 0. The van der Waals surface area contributed by atoms with E-state index in [2.05, 4.69) is 27.0 Å². The summed E-state index contributed by atoms with van der Waals surface area (Å²) in [6.07, 6.45) is 4.24. The predicted molar refractivity (Wildman–Crippen MR) is 60.9 cm³/mol. The highest BCUT2D eigenvalue weighted by Gasteiger charge is 2.13. The molecule has 0 aromatic carbocycles. The minimum Gasteiger partial charge on any atom is -0.381 e. The van der Waals surface area contributed by atoms with E-state index in [9.17, 15) is 0 Å². The first-order valence-corrected chi connectivity index (χ1v) is 6.05. The normalized spacial score (nSPS) is 21.2. The van der Waals surface area contributed by atoms with Gasteiger partial charge in [0, 0.05) is 19.7 Å². The zero-order chi connectivity index (χ0) is 11.2. The fourth-order valence-electron chi connectivity index (χ4n) is 2.04. The third-order valence-electron chi connectivity index (χ3n) is 3.01. The SMILES string of the molecule is CCn1cnnc1CNCC1CCCOC1. The van der Waals surface area contributed by atoms with Crippen LogP contribution in [0.2, 0.25) is 0 Å². The number of hydrogen-bond acceptors (Lipinski definition) is 4. The molecule has 16 heavy (non-hydrogen) atoms. The van der Waals surface area contributed by atoms with Crippen molar-refractivity contribution in [1.82, 2.24) is 20.1 Å². The molecule has 0 aliphatic carbocycles. The third-order valence-corrected chi connectivity index (χ3v) is 3.01. The van der Waals surface area contributed by atoms with Crippen LogP contribution in [0.3, 0.4) is 0 Å². The summed E-state index contributed by atoms with van der Waals surface area (Å²) in [5, 5.41) is 11.4. The van der Waals surface area contributed by atoms with Crippen LogP contribution in [-0.2, 0) is 17.8 Å². The van der Waals surface area contributed by atoms with Crippen LogP contribution in [0.25, 0.3) is 0 Å². The summed E-state index contributed by atoms with van der Waals surface area (Å²) in [5.74, 6) is 1.67. The summed E-state index contributed by atoms with van der Waals surface area (Å²) in [7, 11) is 0. The average Bonchev–Trinajstić information content (AvgIpc) is 2.78. The average molecular weight is 224 g/mol. The highest BCUT2D eigenvalue weighted by atomic mass is 16.5. The van der Waals surface area contributed by atoms with Gasteiger partial charge in [-0.1, -0.05) is 0 Å². The molecule has 1 unspecified atom stereocenters. The first kappa shape index (κ1) is 11.5. The van der Waals surface area contributed by atoms with Gasteiger partial charge in [0.05, 0.1) is 13.2 Å². The van der Waals surface area contributed by atoms with Gasteiger partial charge in [0.1, 0.15) is 12.2 Å². The zero-order valence-corrected chi connectivity index (χ0v) is 9.85. The monoisotopic (exact) mass is 224 g/mol. The molecule has 1 aromatic heterocycles. The maximum Gasteiger partial charge on any atom is 0.146 e. The van der Waals surface area contributed by atoms with Crippen molar-refractivity contribution in [3.63, 3.8) is 0 Å². The number of ether oxygens (including phenoxy) is 1. The van der Waals surface area contributed by atoms with Crippen LogP contribution in [-0.4, -0.2) is 34.5 Å². The van der Waals surface area contributed by atoms with Crippen molar-refractivity contribution >= 4 is 0 Å². The van der Waals surface area contributed by atoms with Gasteiger partial charge < -0.3 is 14.6 Å². The molecule has 0 saturated carbocycles. The second-order valence-corrected chi connectivity index (χ2v) is 4.25. The highest BCUT2D eigenvalue weighted by Crippen LogP contribution is 2.12. The van der Waals surface area contributed by atoms with Gasteiger partial charge in [-0.3, -0.25) is 0 Å². The number of nitrogens with zero attached hydrogens (tertiary/aromatic N) is 3. The Morgan fingerprint density at radius 1 is 1.62 bits per heavy atom. The summed E-state index contributed by atoms with van der Waals surface area (Å²) >= 11 is 0. The van der Waals surface area contributed by atoms with Crippen LogP contribution < -0.4 is 5.32 Å². The quantitative estimate of drug-likeness (QED) is 0.804. The minimum absolute atomic E-state index is 0.659. The molecule has 90 valence electrons. The van der Waals surface area contributed by atoms with E-state index in [1.165, 1.54) is 12.8 Å². The molecule has 1 fully saturated rings. The van der Waals surface area contributed by atoms with Crippen molar-refractivity contribution in [2.45, 2.75) is 32.9 Å². The van der Waals surface area contributed by atoms with Crippen molar-refractivity contribution in [3.8, 4) is 0 Å². The van der Waals surface area contributed by atoms with Crippen molar-refractivity contribution in [3.05, 3.63) is 12.2 Å². The Hall–Kier alpha value is -0.940. The van der Waals surface area contributed by atoms with Crippen molar-refractivity contribution in [2.75, 3.05) is 19.8 Å². The molecule has 5 nitrogen and oxygen atoms in total. The molecule has 0 amide bonds.